The minimum Gasteiger partial charge on any atom is -0.496 e. The zero-order chi connectivity index (χ0) is 15.9. The molecular weight excluding hydrogens is 288 g/mol. The van der Waals surface area contributed by atoms with E-state index in [9.17, 15) is 0 Å². The highest BCUT2D eigenvalue weighted by Gasteiger charge is 2.04. The van der Waals surface area contributed by atoms with Crippen molar-refractivity contribution in [1.29, 1.82) is 0 Å². The zero-order valence-corrected chi connectivity index (χ0v) is 12.9. The van der Waals surface area contributed by atoms with Gasteiger partial charge in [0.05, 0.1) is 19.0 Å². The molecule has 2 aromatic carbocycles. The Balaban J connectivity index is 1.65. The first kappa shape index (κ1) is 15.0. The molecule has 0 atom stereocenters. The number of benzene rings is 2. The van der Waals surface area contributed by atoms with Crippen LogP contribution in [0, 0.1) is 0 Å². The molecule has 5 heteroatoms. The number of rotatable bonds is 6. The second-order valence-electron chi connectivity index (χ2n) is 5.02. The minimum absolute atomic E-state index is 0.529. The molecular formula is C18H18N4O. The van der Waals surface area contributed by atoms with Gasteiger partial charge in [0.25, 0.3) is 0 Å². The molecule has 0 saturated heterocycles. The van der Waals surface area contributed by atoms with E-state index >= 15 is 0 Å². The number of anilines is 1. The minimum atomic E-state index is 0.529. The molecule has 1 heterocycles. The summed E-state index contributed by atoms with van der Waals surface area (Å²) in [4.78, 5) is 4.50. The van der Waals surface area contributed by atoms with Crippen molar-refractivity contribution in [3.05, 3.63) is 66.4 Å². The molecule has 0 fully saturated rings. The van der Waals surface area contributed by atoms with Gasteiger partial charge in [-0.2, -0.15) is 5.10 Å². The predicted octanol–water partition coefficient (Wildman–Crippen LogP) is 3.20. The Hall–Kier alpha value is -2.95. The Labute approximate surface area is 135 Å². The van der Waals surface area contributed by atoms with E-state index in [1.54, 1.807) is 13.3 Å². The summed E-state index contributed by atoms with van der Waals surface area (Å²) >= 11 is 0. The van der Waals surface area contributed by atoms with E-state index in [-0.39, 0.29) is 0 Å². The summed E-state index contributed by atoms with van der Waals surface area (Å²) in [6.07, 6.45) is 2.49. The third-order valence-electron chi connectivity index (χ3n) is 3.50. The van der Waals surface area contributed by atoms with E-state index in [0.717, 1.165) is 29.0 Å². The van der Waals surface area contributed by atoms with Gasteiger partial charge in [-0.05, 0) is 18.1 Å². The van der Waals surface area contributed by atoms with Crippen LogP contribution in [0.2, 0.25) is 0 Å². The van der Waals surface area contributed by atoms with Gasteiger partial charge in [0.15, 0.2) is 0 Å². The van der Waals surface area contributed by atoms with Crippen molar-refractivity contribution in [2.45, 2.75) is 6.42 Å². The van der Waals surface area contributed by atoms with Gasteiger partial charge in [0, 0.05) is 12.1 Å². The van der Waals surface area contributed by atoms with Crippen molar-refractivity contribution in [1.82, 2.24) is 15.2 Å². The smallest absolute Gasteiger partial charge is 0.243 e. The summed E-state index contributed by atoms with van der Waals surface area (Å²) in [6, 6.07) is 17.9. The second kappa shape index (κ2) is 7.35. The summed E-state index contributed by atoms with van der Waals surface area (Å²) in [5.74, 6) is 1.42. The van der Waals surface area contributed by atoms with E-state index < -0.39 is 0 Å². The van der Waals surface area contributed by atoms with E-state index in [2.05, 4.69) is 26.6 Å². The Morgan fingerprint density at radius 1 is 1.00 bits per heavy atom. The normalized spacial score (nSPS) is 10.3. The van der Waals surface area contributed by atoms with Crippen LogP contribution in [0.25, 0.3) is 11.3 Å². The number of nitrogens with one attached hydrogen (secondary N) is 1. The van der Waals surface area contributed by atoms with Gasteiger partial charge < -0.3 is 10.1 Å². The fourth-order valence-electron chi connectivity index (χ4n) is 2.34. The lowest BCUT2D eigenvalue weighted by molar-refractivity contribution is 0.410. The van der Waals surface area contributed by atoms with E-state index in [0.29, 0.717) is 12.5 Å². The molecule has 3 aromatic rings. The van der Waals surface area contributed by atoms with E-state index in [1.165, 1.54) is 0 Å². The predicted molar refractivity (Wildman–Crippen MR) is 90.5 cm³/mol. The molecule has 0 amide bonds. The monoisotopic (exact) mass is 306 g/mol. The number of ether oxygens (including phenoxy) is 1. The van der Waals surface area contributed by atoms with Crippen molar-refractivity contribution >= 4 is 5.95 Å². The topological polar surface area (TPSA) is 59.9 Å². The lowest BCUT2D eigenvalue weighted by Gasteiger charge is -2.09. The summed E-state index contributed by atoms with van der Waals surface area (Å²) < 4.78 is 5.35. The third kappa shape index (κ3) is 3.83. The number of methoxy groups -OCH3 is 1. The molecule has 3 rings (SSSR count). The maximum atomic E-state index is 5.35. The first-order chi connectivity index (χ1) is 11.4. The van der Waals surface area contributed by atoms with Gasteiger partial charge >= 0.3 is 0 Å². The van der Waals surface area contributed by atoms with Crippen LogP contribution in [0.1, 0.15) is 5.56 Å². The van der Waals surface area contributed by atoms with Crippen LogP contribution in [-0.4, -0.2) is 28.8 Å². The zero-order valence-electron chi connectivity index (χ0n) is 12.9. The largest absolute Gasteiger partial charge is 0.496 e. The Bertz CT molecular complexity index is 762. The van der Waals surface area contributed by atoms with Crippen LogP contribution in [-0.2, 0) is 6.42 Å². The fraction of sp³-hybridized carbons (Fsp3) is 0.167. The highest BCUT2D eigenvalue weighted by Crippen LogP contribution is 2.18. The number of hydrogen-bond donors (Lipinski definition) is 1. The van der Waals surface area contributed by atoms with Gasteiger partial charge in [-0.25, -0.2) is 4.98 Å². The molecule has 0 saturated carbocycles. The molecule has 0 bridgehead atoms. The number of hydrogen-bond acceptors (Lipinski definition) is 5. The average molecular weight is 306 g/mol. The lowest BCUT2D eigenvalue weighted by atomic mass is 10.1. The molecule has 1 aromatic heterocycles. The number of para-hydroxylation sites is 1. The first-order valence-corrected chi connectivity index (χ1v) is 7.48. The quantitative estimate of drug-likeness (QED) is 0.758. The van der Waals surface area contributed by atoms with E-state index in [1.807, 2.05) is 48.5 Å². The maximum absolute atomic E-state index is 5.35. The lowest BCUT2D eigenvalue weighted by Crippen LogP contribution is -2.09. The van der Waals surface area contributed by atoms with Crippen molar-refractivity contribution in [2.75, 3.05) is 19.0 Å². The summed E-state index contributed by atoms with van der Waals surface area (Å²) in [5.41, 5.74) is 2.98. The highest BCUT2D eigenvalue weighted by atomic mass is 16.5. The second-order valence-corrected chi connectivity index (χ2v) is 5.02. The Morgan fingerprint density at radius 2 is 1.78 bits per heavy atom. The number of nitrogens with zero attached hydrogens (tertiary/aromatic N) is 3. The molecule has 0 radical (unpaired) electrons. The van der Waals surface area contributed by atoms with E-state index in [4.69, 9.17) is 4.74 Å². The SMILES string of the molecule is COc1ccccc1CCNc1nncc(-c2ccccc2)n1. The average Bonchev–Trinajstić information content (AvgIpc) is 2.63. The third-order valence-corrected chi connectivity index (χ3v) is 3.50. The highest BCUT2D eigenvalue weighted by molar-refractivity contribution is 5.58. The standard InChI is InChI=1S/C18H18N4O/c1-23-17-10-6-5-9-15(17)11-12-19-18-21-16(13-20-22-18)14-7-3-2-4-8-14/h2-10,13H,11-12H2,1H3,(H,19,21,22). The van der Waals surface area contributed by atoms with Crippen LogP contribution in [0.3, 0.4) is 0 Å². The van der Waals surface area contributed by atoms with Gasteiger partial charge in [0.2, 0.25) is 5.95 Å². The van der Waals surface area contributed by atoms with Gasteiger partial charge in [-0.1, -0.05) is 48.5 Å². The van der Waals surface area contributed by atoms with Crippen molar-refractivity contribution in [3.63, 3.8) is 0 Å². The van der Waals surface area contributed by atoms with Crippen LogP contribution >= 0.6 is 0 Å². The van der Waals surface area contributed by atoms with Gasteiger partial charge in [0.1, 0.15) is 5.75 Å². The molecule has 0 unspecified atom stereocenters. The van der Waals surface area contributed by atoms with Crippen LogP contribution in [0.5, 0.6) is 5.75 Å². The van der Waals surface area contributed by atoms with Gasteiger partial charge in [-0.3, -0.25) is 0 Å². The first-order valence-electron chi connectivity index (χ1n) is 7.48. The fourth-order valence-corrected chi connectivity index (χ4v) is 2.34. The molecule has 116 valence electrons. The van der Waals surface area contributed by atoms with Crippen molar-refractivity contribution < 1.29 is 4.74 Å². The van der Waals surface area contributed by atoms with Gasteiger partial charge in [-0.15, -0.1) is 5.10 Å². The molecule has 0 aliphatic heterocycles. The van der Waals surface area contributed by atoms with Crippen molar-refractivity contribution in [2.24, 2.45) is 0 Å². The van der Waals surface area contributed by atoms with Crippen LogP contribution in [0.4, 0.5) is 5.95 Å². The Morgan fingerprint density at radius 3 is 2.61 bits per heavy atom. The maximum Gasteiger partial charge on any atom is 0.243 e. The van der Waals surface area contributed by atoms with Crippen LogP contribution in [0.15, 0.2) is 60.8 Å². The molecule has 0 spiro atoms. The van der Waals surface area contributed by atoms with Crippen molar-refractivity contribution in [3.8, 4) is 17.0 Å². The summed E-state index contributed by atoms with van der Waals surface area (Å²) in [6.45, 7) is 0.709. The molecule has 0 aliphatic rings. The molecule has 1 N–H and O–H groups in total. The molecule has 5 nitrogen and oxygen atoms in total. The molecule has 0 aliphatic carbocycles. The summed E-state index contributed by atoms with van der Waals surface area (Å²) in [5, 5.41) is 11.3. The Kier molecular flexibility index (Phi) is 4.79. The summed E-state index contributed by atoms with van der Waals surface area (Å²) in [7, 11) is 1.68. The van der Waals surface area contributed by atoms with Crippen LogP contribution < -0.4 is 10.1 Å². The molecule has 23 heavy (non-hydrogen) atoms. The number of aromatic nitrogens is 3.